The van der Waals surface area contributed by atoms with E-state index in [0.29, 0.717) is 38.2 Å². The second-order valence-electron chi connectivity index (χ2n) is 9.37. The number of rotatable bonds is 4. The minimum atomic E-state index is -1.13. The molecule has 33 heavy (non-hydrogen) atoms. The minimum Gasteiger partial charge on any atom is -0.482 e. The zero-order valence-electron chi connectivity index (χ0n) is 19.7. The molecule has 0 radical (unpaired) electrons. The summed E-state index contributed by atoms with van der Waals surface area (Å²) in [4.78, 5) is 40.2. The molecule has 1 aromatic rings. The molecule has 3 amide bonds. The Labute approximate surface area is 192 Å². The molecule has 0 saturated carbocycles. The van der Waals surface area contributed by atoms with E-state index < -0.39 is 47.0 Å². The Morgan fingerprint density at radius 1 is 1.33 bits per heavy atom. The summed E-state index contributed by atoms with van der Waals surface area (Å²) in [6.07, 6.45) is 0.299. The molecular formula is C23H32FN3O6. The maximum atomic E-state index is 13.9. The van der Waals surface area contributed by atoms with E-state index in [9.17, 15) is 18.8 Å². The van der Waals surface area contributed by atoms with E-state index in [1.54, 1.807) is 27.7 Å². The lowest BCUT2D eigenvalue weighted by Crippen LogP contribution is -2.64. The third-order valence-corrected chi connectivity index (χ3v) is 5.77. The number of carbonyl (C=O) groups excluding carboxylic acids is 3. The second-order valence-corrected chi connectivity index (χ2v) is 9.37. The normalized spacial score (nSPS) is 20.5. The fourth-order valence-corrected chi connectivity index (χ4v) is 4.05. The number of halogens is 1. The zero-order valence-corrected chi connectivity index (χ0v) is 19.7. The van der Waals surface area contributed by atoms with Crippen molar-refractivity contribution in [3.63, 3.8) is 0 Å². The Morgan fingerprint density at radius 3 is 2.61 bits per heavy atom. The van der Waals surface area contributed by atoms with Crippen molar-refractivity contribution in [2.24, 2.45) is 0 Å². The highest BCUT2D eigenvalue weighted by Crippen LogP contribution is 2.38. The third-order valence-electron chi connectivity index (χ3n) is 5.77. The molecular weight excluding hydrogens is 433 g/mol. The van der Waals surface area contributed by atoms with Gasteiger partial charge < -0.3 is 24.8 Å². The van der Waals surface area contributed by atoms with Crippen LogP contribution >= 0.6 is 0 Å². The van der Waals surface area contributed by atoms with Crippen LogP contribution in [0.1, 0.15) is 47.0 Å². The van der Waals surface area contributed by atoms with Gasteiger partial charge in [-0.2, -0.15) is 0 Å². The molecule has 1 aromatic carbocycles. The standard InChI is InChI=1S/C23H32FN3O6/c1-6-16(27(5)21(30)33-22(2,3)4)19(28)26-18-20(29)25-15-8-7-14(24)13-17(15)32-23(18)9-11-31-12-10-23/h7-8,13,16,18H,6,9-12H2,1-5H3,(H,25,29)(H,26,28). The molecule has 9 nitrogen and oxygen atoms in total. The van der Waals surface area contributed by atoms with Gasteiger partial charge in [0.15, 0.2) is 0 Å². The van der Waals surface area contributed by atoms with Crippen molar-refractivity contribution in [3.8, 4) is 5.75 Å². The number of carbonyl (C=O) groups is 3. The van der Waals surface area contributed by atoms with Crippen molar-refractivity contribution in [3.05, 3.63) is 24.0 Å². The Hall–Kier alpha value is -2.88. The summed E-state index contributed by atoms with van der Waals surface area (Å²) in [7, 11) is 1.48. The number of ether oxygens (including phenoxy) is 3. The molecule has 3 rings (SSSR count). The largest absolute Gasteiger partial charge is 0.482 e. The van der Waals surface area contributed by atoms with Crippen LogP contribution in [0.5, 0.6) is 5.75 Å². The molecule has 0 aliphatic carbocycles. The molecule has 10 heteroatoms. The summed E-state index contributed by atoms with van der Waals surface area (Å²) in [5.41, 5.74) is -1.52. The fourth-order valence-electron chi connectivity index (χ4n) is 4.05. The van der Waals surface area contributed by atoms with Crippen molar-refractivity contribution < 1.29 is 33.0 Å². The predicted octanol–water partition coefficient (Wildman–Crippen LogP) is 2.84. The first-order valence-electron chi connectivity index (χ1n) is 11.1. The summed E-state index contributed by atoms with van der Waals surface area (Å²) in [6.45, 7) is 7.61. The molecule has 2 unspecified atom stereocenters. The van der Waals surface area contributed by atoms with E-state index in [1.807, 2.05) is 0 Å². The van der Waals surface area contributed by atoms with Crippen molar-refractivity contribution in [2.75, 3.05) is 25.6 Å². The monoisotopic (exact) mass is 465 g/mol. The van der Waals surface area contributed by atoms with Gasteiger partial charge in [0.2, 0.25) is 5.91 Å². The molecule has 182 valence electrons. The number of amides is 3. The van der Waals surface area contributed by atoms with E-state index in [4.69, 9.17) is 14.2 Å². The van der Waals surface area contributed by atoms with Crippen LogP contribution in [0, 0.1) is 5.82 Å². The molecule has 0 aromatic heterocycles. The van der Waals surface area contributed by atoms with Gasteiger partial charge >= 0.3 is 6.09 Å². The molecule has 2 aliphatic rings. The lowest BCUT2D eigenvalue weighted by molar-refractivity contribution is -0.138. The number of benzene rings is 1. The van der Waals surface area contributed by atoms with E-state index in [1.165, 1.54) is 30.1 Å². The van der Waals surface area contributed by atoms with E-state index in [2.05, 4.69) is 10.6 Å². The van der Waals surface area contributed by atoms with Crippen molar-refractivity contribution in [2.45, 2.75) is 70.2 Å². The molecule has 1 fully saturated rings. The average molecular weight is 466 g/mol. The second kappa shape index (κ2) is 9.54. The van der Waals surface area contributed by atoms with Crippen LogP contribution in [0.15, 0.2) is 18.2 Å². The van der Waals surface area contributed by atoms with Gasteiger partial charge in [0.1, 0.15) is 34.9 Å². The van der Waals surface area contributed by atoms with Crippen molar-refractivity contribution >= 4 is 23.6 Å². The average Bonchev–Trinajstić information content (AvgIpc) is 2.83. The Kier molecular flexibility index (Phi) is 7.16. The zero-order chi connectivity index (χ0) is 24.4. The minimum absolute atomic E-state index is 0.194. The predicted molar refractivity (Wildman–Crippen MR) is 118 cm³/mol. The van der Waals surface area contributed by atoms with Crippen LogP contribution in [-0.2, 0) is 19.1 Å². The highest BCUT2D eigenvalue weighted by Gasteiger charge is 2.50. The first-order valence-corrected chi connectivity index (χ1v) is 11.1. The number of hydrogen-bond donors (Lipinski definition) is 2. The van der Waals surface area contributed by atoms with E-state index >= 15 is 0 Å². The van der Waals surface area contributed by atoms with Crippen LogP contribution in [0.4, 0.5) is 14.9 Å². The Morgan fingerprint density at radius 2 is 2.00 bits per heavy atom. The quantitative estimate of drug-likeness (QED) is 0.708. The Balaban J connectivity index is 1.87. The summed E-state index contributed by atoms with van der Waals surface area (Å²) in [5, 5.41) is 5.52. The molecule has 0 bridgehead atoms. The molecule has 2 atom stereocenters. The van der Waals surface area contributed by atoms with Crippen molar-refractivity contribution in [1.82, 2.24) is 10.2 Å². The topological polar surface area (TPSA) is 106 Å². The SMILES string of the molecule is CCC(C(=O)NC1C(=O)Nc2ccc(F)cc2OC12CCOCC2)N(C)C(=O)OC(C)(C)C. The first-order chi connectivity index (χ1) is 15.5. The van der Waals surface area contributed by atoms with Gasteiger partial charge in [0.25, 0.3) is 5.91 Å². The van der Waals surface area contributed by atoms with Gasteiger partial charge in [0.05, 0.1) is 18.9 Å². The van der Waals surface area contributed by atoms with Gasteiger partial charge in [-0.25, -0.2) is 9.18 Å². The highest BCUT2D eigenvalue weighted by molar-refractivity contribution is 6.00. The smallest absolute Gasteiger partial charge is 0.410 e. The fraction of sp³-hybridized carbons (Fsp3) is 0.609. The maximum Gasteiger partial charge on any atom is 0.410 e. The molecule has 2 N–H and O–H groups in total. The van der Waals surface area contributed by atoms with Gasteiger partial charge in [0, 0.05) is 26.0 Å². The van der Waals surface area contributed by atoms with Crippen molar-refractivity contribution in [1.29, 1.82) is 0 Å². The lowest BCUT2D eigenvalue weighted by atomic mass is 9.85. The summed E-state index contributed by atoms with van der Waals surface area (Å²) < 4.78 is 30.9. The maximum absolute atomic E-state index is 13.9. The van der Waals surface area contributed by atoms with Gasteiger partial charge in [-0.1, -0.05) is 6.92 Å². The number of anilines is 1. The summed E-state index contributed by atoms with van der Waals surface area (Å²) in [5.74, 6) is -1.30. The van der Waals surface area contributed by atoms with Crippen LogP contribution in [0.2, 0.25) is 0 Å². The molecule has 2 heterocycles. The molecule has 1 spiro atoms. The highest BCUT2D eigenvalue weighted by atomic mass is 19.1. The summed E-state index contributed by atoms with van der Waals surface area (Å²) >= 11 is 0. The first kappa shape index (κ1) is 24.8. The lowest BCUT2D eigenvalue weighted by Gasteiger charge is -2.41. The Bertz CT molecular complexity index is 910. The number of hydrogen-bond acceptors (Lipinski definition) is 6. The third kappa shape index (κ3) is 5.55. The van der Waals surface area contributed by atoms with Crippen LogP contribution in [0.25, 0.3) is 0 Å². The number of fused-ring (bicyclic) bond motifs is 1. The molecule has 1 saturated heterocycles. The van der Waals surface area contributed by atoms with Gasteiger partial charge in [-0.05, 0) is 39.3 Å². The summed E-state index contributed by atoms with van der Waals surface area (Å²) in [6, 6.07) is 1.91. The van der Waals surface area contributed by atoms with E-state index in [-0.39, 0.29) is 5.75 Å². The van der Waals surface area contributed by atoms with E-state index in [0.717, 1.165) is 0 Å². The number of nitrogens with one attached hydrogen (secondary N) is 2. The van der Waals surface area contributed by atoms with Crippen LogP contribution in [0.3, 0.4) is 0 Å². The van der Waals surface area contributed by atoms with Crippen LogP contribution < -0.4 is 15.4 Å². The number of nitrogens with zero attached hydrogens (tertiary/aromatic N) is 1. The van der Waals surface area contributed by atoms with Gasteiger partial charge in [-0.3, -0.25) is 14.5 Å². The molecule has 2 aliphatic heterocycles. The van der Waals surface area contributed by atoms with Gasteiger partial charge in [-0.15, -0.1) is 0 Å². The number of likely N-dealkylation sites (N-methyl/N-ethyl adjacent to an activating group) is 1. The van der Waals surface area contributed by atoms with Crippen LogP contribution in [-0.4, -0.2) is 66.4 Å².